The molecule has 3 heterocycles. The van der Waals surface area contributed by atoms with Crippen molar-refractivity contribution in [1.29, 1.82) is 0 Å². The molecule has 6 rings (SSSR count). The van der Waals surface area contributed by atoms with Gasteiger partial charge in [-0.3, -0.25) is 4.90 Å². The van der Waals surface area contributed by atoms with Crippen molar-refractivity contribution in [3.63, 3.8) is 0 Å². The van der Waals surface area contributed by atoms with Gasteiger partial charge in [-0.25, -0.2) is 14.8 Å². The first-order chi connectivity index (χ1) is 20.7. The molecule has 1 saturated heterocycles. The van der Waals surface area contributed by atoms with Gasteiger partial charge < -0.3 is 25.3 Å². The van der Waals surface area contributed by atoms with Crippen molar-refractivity contribution in [2.24, 2.45) is 0 Å². The molecule has 0 bridgehead atoms. The third kappa shape index (κ3) is 6.18. The van der Waals surface area contributed by atoms with E-state index in [1.165, 1.54) is 0 Å². The molecule has 0 atom stereocenters. The van der Waals surface area contributed by atoms with E-state index in [2.05, 4.69) is 65.4 Å². The van der Waals surface area contributed by atoms with Crippen LogP contribution in [0.25, 0.3) is 33.1 Å². The highest BCUT2D eigenvalue weighted by molar-refractivity contribution is 6.10. The van der Waals surface area contributed by atoms with Gasteiger partial charge in [0.25, 0.3) is 0 Å². The van der Waals surface area contributed by atoms with Crippen LogP contribution in [0.3, 0.4) is 0 Å². The van der Waals surface area contributed by atoms with Gasteiger partial charge in [-0.2, -0.15) is 0 Å². The first kappa shape index (κ1) is 28.6. The predicted molar refractivity (Wildman–Crippen MR) is 174 cm³/mol. The summed E-state index contributed by atoms with van der Waals surface area (Å²) in [6.45, 7) is 11.4. The molecular weight excluding hydrogens is 538 g/mol. The number of aromatic amines is 1. The quantitative estimate of drug-likeness (QED) is 0.214. The molecule has 9 heteroatoms. The molecule has 0 aliphatic carbocycles. The van der Waals surface area contributed by atoms with Crippen LogP contribution in [-0.2, 0) is 12.0 Å². The summed E-state index contributed by atoms with van der Waals surface area (Å²) in [6.07, 6.45) is 1.89. The molecule has 2 amide bonds. The van der Waals surface area contributed by atoms with Crippen LogP contribution >= 0.6 is 0 Å². The number of benzene rings is 3. The molecule has 1 aliphatic rings. The van der Waals surface area contributed by atoms with Gasteiger partial charge in [-0.1, -0.05) is 57.2 Å². The molecule has 1 fully saturated rings. The van der Waals surface area contributed by atoms with Crippen LogP contribution in [0, 0.1) is 0 Å². The molecule has 5 aromatic rings. The number of likely N-dealkylation sites (N-methyl/N-ethyl adjacent to an activating group) is 1. The monoisotopic (exact) mass is 577 g/mol. The molecule has 43 heavy (non-hydrogen) atoms. The fourth-order valence-corrected chi connectivity index (χ4v) is 5.59. The topological polar surface area (TPSA) is 98.4 Å². The molecule has 0 radical (unpaired) electrons. The number of nitrogens with one attached hydrogen (secondary N) is 3. The lowest BCUT2D eigenvalue weighted by atomic mass is 9.87. The fraction of sp³-hybridized carbons (Fsp3) is 0.324. The zero-order valence-corrected chi connectivity index (χ0v) is 25.5. The maximum Gasteiger partial charge on any atom is 0.323 e. The average molecular weight is 578 g/mol. The zero-order valence-electron chi connectivity index (χ0n) is 25.5. The second-order valence-corrected chi connectivity index (χ2v) is 12.3. The third-order valence-electron chi connectivity index (χ3n) is 8.15. The van der Waals surface area contributed by atoms with Crippen LogP contribution in [0.4, 0.5) is 16.2 Å². The van der Waals surface area contributed by atoms with Crippen molar-refractivity contribution in [3.8, 4) is 16.9 Å². The summed E-state index contributed by atoms with van der Waals surface area (Å²) in [5.74, 6) is 1.54. The molecule has 0 unspecified atom stereocenters. The fourth-order valence-electron chi connectivity index (χ4n) is 5.59. The zero-order chi connectivity index (χ0) is 30.1. The van der Waals surface area contributed by atoms with Crippen molar-refractivity contribution in [1.82, 2.24) is 24.8 Å². The Bertz CT molecular complexity index is 1780. The lowest BCUT2D eigenvalue weighted by Crippen LogP contribution is -2.44. The third-order valence-corrected chi connectivity index (χ3v) is 8.15. The second-order valence-electron chi connectivity index (χ2n) is 12.3. The lowest BCUT2D eigenvalue weighted by molar-refractivity contribution is 0.146. The van der Waals surface area contributed by atoms with Crippen molar-refractivity contribution in [3.05, 3.63) is 78.2 Å². The van der Waals surface area contributed by atoms with E-state index in [0.717, 1.165) is 77.2 Å². The highest BCUT2D eigenvalue weighted by Gasteiger charge is 2.19. The normalized spacial score (nSPS) is 14.7. The maximum absolute atomic E-state index is 13.2. The van der Waals surface area contributed by atoms with Gasteiger partial charge in [-0.05, 0) is 53.2 Å². The number of ether oxygens (including phenoxy) is 1. The van der Waals surface area contributed by atoms with Crippen LogP contribution in [0.15, 0.2) is 66.9 Å². The summed E-state index contributed by atoms with van der Waals surface area (Å²) in [7, 11) is 3.76. The van der Waals surface area contributed by atoms with Crippen molar-refractivity contribution in [2.45, 2.75) is 32.7 Å². The number of fused-ring (bicyclic) bond motifs is 2. The number of nitrogens with zero attached hydrogens (tertiary/aromatic N) is 4. The first-order valence-electron chi connectivity index (χ1n) is 14.7. The number of pyridine rings is 1. The number of amides is 2. The summed E-state index contributed by atoms with van der Waals surface area (Å²) in [5.41, 5.74) is 6.01. The highest BCUT2D eigenvalue weighted by Crippen LogP contribution is 2.35. The van der Waals surface area contributed by atoms with Gasteiger partial charge in [0.15, 0.2) is 5.65 Å². The van der Waals surface area contributed by atoms with Gasteiger partial charge in [0.05, 0.1) is 25.0 Å². The summed E-state index contributed by atoms with van der Waals surface area (Å²) < 4.78 is 5.51. The molecule has 9 nitrogen and oxygen atoms in total. The number of carbonyl (C=O) groups excluding carboxylic acids is 1. The van der Waals surface area contributed by atoms with E-state index in [1.807, 2.05) is 54.7 Å². The van der Waals surface area contributed by atoms with Crippen molar-refractivity contribution < 1.29 is 9.53 Å². The van der Waals surface area contributed by atoms with E-state index < -0.39 is 0 Å². The van der Waals surface area contributed by atoms with Crippen LogP contribution in [0.2, 0.25) is 0 Å². The Labute approximate surface area is 252 Å². The Morgan fingerprint density at radius 1 is 0.953 bits per heavy atom. The van der Waals surface area contributed by atoms with Crippen LogP contribution in [-0.4, -0.2) is 71.1 Å². The molecule has 0 spiro atoms. The highest BCUT2D eigenvalue weighted by atomic mass is 16.5. The van der Waals surface area contributed by atoms with Gasteiger partial charge >= 0.3 is 6.03 Å². The second kappa shape index (κ2) is 11.7. The van der Waals surface area contributed by atoms with Crippen LogP contribution < -0.4 is 15.4 Å². The van der Waals surface area contributed by atoms with Gasteiger partial charge in [0.2, 0.25) is 0 Å². The number of H-pyrrole nitrogens is 1. The van der Waals surface area contributed by atoms with Crippen LogP contribution in [0.1, 0.15) is 32.2 Å². The van der Waals surface area contributed by atoms with Gasteiger partial charge in [-0.15, -0.1) is 0 Å². The summed E-state index contributed by atoms with van der Waals surface area (Å²) in [5, 5.41) is 7.98. The number of aromatic nitrogens is 3. The lowest BCUT2D eigenvalue weighted by Gasteiger charge is -2.31. The molecule has 3 N–H and O–H groups in total. The molecule has 3 aromatic carbocycles. The minimum Gasteiger partial charge on any atom is -0.495 e. The first-order valence-corrected chi connectivity index (χ1v) is 14.7. The number of hydrogen-bond acceptors (Lipinski definition) is 6. The van der Waals surface area contributed by atoms with E-state index in [1.54, 1.807) is 7.11 Å². The summed E-state index contributed by atoms with van der Waals surface area (Å²) >= 11 is 0. The maximum atomic E-state index is 13.2. The van der Waals surface area contributed by atoms with Gasteiger partial charge in [0, 0.05) is 43.3 Å². The molecule has 2 aromatic heterocycles. The summed E-state index contributed by atoms with van der Waals surface area (Å²) in [4.78, 5) is 31.0. The minimum atomic E-state index is -0.338. The Balaban J connectivity index is 1.25. The minimum absolute atomic E-state index is 0.0643. The largest absolute Gasteiger partial charge is 0.495 e. The predicted octanol–water partition coefficient (Wildman–Crippen LogP) is 6.48. The SMILES string of the molecule is COc1ccc(C(C)(C)C)cc1NC(=O)Nc1ccc(-c2cnc3[nH]c(CN4CCN(C)CC4)nc3c2)c2ccccc12. The van der Waals surface area contributed by atoms with E-state index in [0.29, 0.717) is 17.1 Å². The smallest absolute Gasteiger partial charge is 0.323 e. The molecule has 222 valence electrons. The number of methoxy groups -OCH3 is 1. The summed E-state index contributed by atoms with van der Waals surface area (Å²) in [6, 6.07) is 19.7. The van der Waals surface area contributed by atoms with Crippen LogP contribution in [0.5, 0.6) is 5.75 Å². The molecule has 1 aliphatic heterocycles. The average Bonchev–Trinajstić information content (AvgIpc) is 3.39. The van der Waals surface area contributed by atoms with E-state index in [9.17, 15) is 4.79 Å². The Hall–Kier alpha value is -4.47. The number of imidazole rings is 1. The Kier molecular flexibility index (Phi) is 7.77. The van der Waals surface area contributed by atoms with E-state index in [4.69, 9.17) is 14.7 Å². The number of urea groups is 1. The number of piperazine rings is 1. The number of hydrogen-bond donors (Lipinski definition) is 3. The van der Waals surface area contributed by atoms with Crippen molar-refractivity contribution in [2.75, 3.05) is 51.0 Å². The molecule has 0 saturated carbocycles. The van der Waals surface area contributed by atoms with E-state index >= 15 is 0 Å². The standard InChI is InChI=1S/C34H39N7O2/c1-34(2,3)23-10-13-30(43-5)28(19-23)38-33(42)37-27-12-11-24(25-8-6-7-9-26(25)27)22-18-29-32(35-20-22)39-31(36-29)21-41-16-14-40(4)15-17-41/h6-13,18-20H,14-17,21H2,1-5H3,(H,35,36,39)(H2,37,38,42). The van der Waals surface area contributed by atoms with Gasteiger partial charge in [0.1, 0.15) is 17.1 Å². The number of rotatable bonds is 6. The van der Waals surface area contributed by atoms with Crippen molar-refractivity contribution >= 4 is 39.3 Å². The Morgan fingerprint density at radius 3 is 2.44 bits per heavy atom. The Morgan fingerprint density at radius 2 is 1.70 bits per heavy atom. The van der Waals surface area contributed by atoms with E-state index in [-0.39, 0.29) is 11.4 Å². The molecular formula is C34H39N7O2. The number of carbonyl (C=O) groups is 1. The number of anilines is 2.